The summed E-state index contributed by atoms with van der Waals surface area (Å²) in [6.45, 7) is -0.607. The van der Waals surface area contributed by atoms with Gasteiger partial charge in [-0.25, -0.2) is 13.9 Å². The summed E-state index contributed by atoms with van der Waals surface area (Å²) in [7, 11) is -1.52. The topological polar surface area (TPSA) is 115 Å². The van der Waals surface area contributed by atoms with Crippen LogP contribution in [0.15, 0.2) is 46.2 Å². The molecule has 1 amide bonds. The Morgan fingerprint density at radius 2 is 2.03 bits per heavy atom. The van der Waals surface area contributed by atoms with E-state index in [-0.39, 0.29) is 41.4 Å². The molecule has 2 aromatic heterocycles. The molecule has 3 aromatic rings. The summed E-state index contributed by atoms with van der Waals surface area (Å²) in [6.07, 6.45) is -2.41. The van der Waals surface area contributed by atoms with Gasteiger partial charge in [0.2, 0.25) is 0 Å². The Hall–Kier alpha value is -3.19. The van der Waals surface area contributed by atoms with E-state index in [1.54, 1.807) is 0 Å². The molecule has 0 aliphatic rings. The molecule has 0 radical (unpaired) electrons. The smallest absolute Gasteiger partial charge is 0.405 e. The first-order valence-corrected chi connectivity index (χ1v) is 10.4. The number of benzene rings is 1. The first-order valence-electron chi connectivity index (χ1n) is 8.79. The molecule has 0 saturated heterocycles. The van der Waals surface area contributed by atoms with Crippen LogP contribution in [0, 0.1) is 0 Å². The minimum atomic E-state index is -4.96. The number of nitrogens with zero attached hydrogens (tertiary/aromatic N) is 3. The van der Waals surface area contributed by atoms with Crippen molar-refractivity contribution in [2.45, 2.75) is 24.3 Å². The Bertz CT molecular complexity index is 1210. The zero-order valence-electron chi connectivity index (χ0n) is 16.0. The SMILES string of the molecule is CS(=O)c1ccc(CNC(=O)c2ccc3nn(CCO)c(=O)n3c2)c(OC(F)(F)F)c1. The molecule has 1 atom stereocenters. The Labute approximate surface area is 175 Å². The third-order valence-electron chi connectivity index (χ3n) is 4.19. The van der Waals surface area contributed by atoms with Gasteiger partial charge in [0.15, 0.2) is 5.65 Å². The van der Waals surface area contributed by atoms with Gasteiger partial charge in [0, 0.05) is 40.3 Å². The fourth-order valence-electron chi connectivity index (χ4n) is 2.75. The number of aromatic nitrogens is 3. The van der Waals surface area contributed by atoms with E-state index in [1.165, 1.54) is 36.7 Å². The molecule has 3 rings (SSSR count). The highest BCUT2D eigenvalue weighted by molar-refractivity contribution is 7.84. The summed E-state index contributed by atoms with van der Waals surface area (Å²) < 4.78 is 55.9. The number of hydrogen-bond donors (Lipinski definition) is 2. The highest BCUT2D eigenvalue weighted by atomic mass is 32.2. The van der Waals surface area contributed by atoms with Crippen LogP contribution in [0.1, 0.15) is 15.9 Å². The first-order chi connectivity index (χ1) is 14.6. The number of hydrogen-bond acceptors (Lipinski definition) is 6. The molecular formula is C18H17F3N4O5S. The quantitative estimate of drug-likeness (QED) is 0.547. The van der Waals surface area contributed by atoms with Crippen molar-refractivity contribution < 1.29 is 32.0 Å². The maximum Gasteiger partial charge on any atom is 0.573 e. The van der Waals surface area contributed by atoms with E-state index in [1.807, 2.05) is 0 Å². The molecule has 0 fully saturated rings. The van der Waals surface area contributed by atoms with Gasteiger partial charge in [0.25, 0.3) is 5.91 Å². The molecule has 1 aromatic carbocycles. The second-order valence-electron chi connectivity index (χ2n) is 6.33. The standard InChI is InChI=1S/C18H17F3N4O5S/c1-31(29)13-4-2-11(14(8-13)30-18(19,20)21)9-22-16(27)12-3-5-15-23-25(6-7-26)17(28)24(15)10-12/h2-5,8,10,26H,6-7,9H2,1H3,(H,22,27). The Kier molecular flexibility index (Phi) is 6.45. The van der Waals surface area contributed by atoms with Crippen LogP contribution < -0.4 is 15.7 Å². The van der Waals surface area contributed by atoms with E-state index in [2.05, 4.69) is 15.2 Å². The van der Waals surface area contributed by atoms with Crippen molar-refractivity contribution in [2.24, 2.45) is 0 Å². The number of carbonyl (C=O) groups is 1. The van der Waals surface area contributed by atoms with E-state index in [0.717, 1.165) is 15.1 Å². The molecule has 0 spiro atoms. The Morgan fingerprint density at radius 1 is 1.29 bits per heavy atom. The molecule has 31 heavy (non-hydrogen) atoms. The molecule has 2 heterocycles. The average Bonchev–Trinajstić information content (AvgIpc) is 3.01. The fraction of sp³-hybridized carbons (Fsp3) is 0.278. The number of fused-ring (bicyclic) bond motifs is 1. The van der Waals surface area contributed by atoms with Crippen LogP contribution in [0.25, 0.3) is 5.65 Å². The van der Waals surface area contributed by atoms with Gasteiger partial charge >= 0.3 is 12.1 Å². The lowest BCUT2D eigenvalue weighted by Gasteiger charge is -2.15. The normalized spacial score (nSPS) is 12.7. The van der Waals surface area contributed by atoms with Gasteiger partial charge in [-0.3, -0.25) is 9.00 Å². The number of pyridine rings is 1. The van der Waals surface area contributed by atoms with Gasteiger partial charge in [0.05, 0.1) is 18.7 Å². The fourth-order valence-corrected chi connectivity index (χ4v) is 3.28. The van der Waals surface area contributed by atoms with Crippen molar-refractivity contribution in [3.8, 4) is 5.75 Å². The van der Waals surface area contributed by atoms with E-state index in [0.29, 0.717) is 0 Å². The van der Waals surface area contributed by atoms with Crippen molar-refractivity contribution in [3.05, 3.63) is 58.1 Å². The monoisotopic (exact) mass is 458 g/mol. The van der Waals surface area contributed by atoms with E-state index in [4.69, 9.17) is 5.11 Å². The van der Waals surface area contributed by atoms with Crippen molar-refractivity contribution in [1.29, 1.82) is 0 Å². The summed E-state index contributed by atoms with van der Waals surface area (Å²) in [5, 5.41) is 15.4. The predicted molar refractivity (Wildman–Crippen MR) is 103 cm³/mol. The minimum Gasteiger partial charge on any atom is -0.405 e. The summed E-state index contributed by atoms with van der Waals surface area (Å²) in [4.78, 5) is 24.8. The van der Waals surface area contributed by atoms with Crippen LogP contribution in [-0.2, 0) is 23.9 Å². The lowest BCUT2D eigenvalue weighted by atomic mass is 10.2. The molecule has 13 heteroatoms. The van der Waals surface area contributed by atoms with E-state index >= 15 is 0 Å². The number of aliphatic hydroxyl groups is 1. The molecular weight excluding hydrogens is 441 g/mol. The average molecular weight is 458 g/mol. The molecule has 9 nitrogen and oxygen atoms in total. The number of nitrogens with one attached hydrogen (secondary N) is 1. The number of aliphatic hydroxyl groups excluding tert-OH is 1. The second kappa shape index (κ2) is 8.89. The third-order valence-corrected chi connectivity index (χ3v) is 5.10. The third kappa shape index (κ3) is 5.30. The van der Waals surface area contributed by atoms with Crippen molar-refractivity contribution in [3.63, 3.8) is 0 Å². The number of ether oxygens (including phenoxy) is 1. The van der Waals surface area contributed by atoms with Crippen molar-refractivity contribution >= 4 is 22.4 Å². The highest BCUT2D eigenvalue weighted by Gasteiger charge is 2.32. The molecule has 0 aliphatic carbocycles. The molecule has 0 aliphatic heterocycles. The van der Waals surface area contributed by atoms with Crippen LogP contribution in [0.2, 0.25) is 0 Å². The maximum absolute atomic E-state index is 12.7. The van der Waals surface area contributed by atoms with Crippen LogP contribution in [-0.4, -0.2) is 48.6 Å². The predicted octanol–water partition coefficient (Wildman–Crippen LogP) is 1.05. The van der Waals surface area contributed by atoms with E-state index in [9.17, 15) is 27.0 Å². The number of halogens is 3. The largest absolute Gasteiger partial charge is 0.573 e. The van der Waals surface area contributed by atoms with Crippen molar-refractivity contribution in [2.75, 3.05) is 12.9 Å². The van der Waals surface area contributed by atoms with Gasteiger partial charge in [-0.15, -0.1) is 18.3 Å². The second-order valence-corrected chi connectivity index (χ2v) is 7.71. The number of alkyl halides is 3. The van der Waals surface area contributed by atoms with Crippen molar-refractivity contribution in [1.82, 2.24) is 19.5 Å². The number of rotatable bonds is 7. The van der Waals surface area contributed by atoms with Gasteiger partial charge in [0.1, 0.15) is 5.75 Å². The van der Waals surface area contributed by atoms with Crippen LogP contribution in [0.3, 0.4) is 0 Å². The lowest BCUT2D eigenvalue weighted by molar-refractivity contribution is -0.275. The zero-order chi connectivity index (χ0) is 22.8. The molecule has 2 N–H and O–H groups in total. The maximum atomic E-state index is 12.7. The minimum absolute atomic E-state index is 0.0113. The summed E-state index contributed by atoms with van der Waals surface area (Å²) >= 11 is 0. The number of amides is 1. The van der Waals surface area contributed by atoms with Crippen LogP contribution in [0.4, 0.5) is 13.2 Å². The van der Waals surface area contributed by atoms with Crippen LogP contribution in [0.5, 0.6) is 5.75 Å². The first kappa shape index (κ1) is 22.5. The van der Waals surface area contributed by atoms with Gasteiger partial charge < -0.3 is 15.2 Å². The molecule has 166 valence electrons. The Balaban J connectivity index is 1.82. The van der Waals surface area contributed by atoms with Gasteiger partial charge in [-0.2, -0.15) is 0 Å². The van der Waals surface area contributed by atoms with Gasteiger partial charge in [-0.05, 0) is 24.3 Å². The molecule has 0 saturated carbocycles. The lowest BCUT2D eigenvalue weighted by Crippen LogP contribution is -2.26. The summed E-state index contributed by atoms with van der Waals surface area (Å²) in [5.74, 6) is -1.22. The molecule has 0 bridgehead atoms. The molecule has 1 unspecified atom stereocenters. The van der Waals surface area contributed by atoms with Gasteiger partial charge in [-0.1, -0.05) is 6.07 Å². The zero-order valence-corrected chi connectivity index (χ0v) is 16.9. The summed E-state index contributed by atoms with van der Waals surface area (Å²) in [6, 6.07) is 6.49. The summed E-state index contributed by atoms with van der Waals surface area (Å²) in [5.41, 5.74) is -0.196. The Morgan fingerprint density at radius 3 is 2.68 bits per heavy atom. The highest BCUT2D eigenvalue weighted by Crippen LogP contribution is 2.28. The number of carbonyl (C=O) groups excluding carboxylic acids is 1. The van der Waals surface area contributed by atoms with Crippen LogP contribution >= 0.6 is 0 Å². The van der Waals surface area contributed by atoms with E-state index < -0.39 is 34.5 Å².